The number of carboxylic acids is 1. The van der Waals surface area contributed by atoms with Gasteiger partial charge in [-0.15, -0.1) is 39.8 Å². The molecule has 20 heteroatoms. The van der Waals surface area contributed by atoms with Crippen molar-refractivity contribution in [3.63, 3.8) is 0 Å². The number of halogens is 1. The third-order valence-electron chi connectivity index (χ3n) is 5.00. The van der Waals surface area contributed by atoms with E-state index in [4.69, 9.17) is 16.4 Å². The van der Waals surface area contributed by atoms with Gasteiger partial charge in [0.15, 0.2) is 10.8 Å². The zero-order valence-corrected chi connectivity index (χ0v) is 25.2. The van der Waals surface area contributed by atoms with E-state index in [-0.39, 0.29) is 69.2 Å². The molecule has 15 nitrogen and oxygen atoms in total. The second-order valence-corrected chi connectivity index (χ2v) is 10.5. The molecule has 0 aliphatic carbocycles. The number of nitrogens with zero attached hydrogens (tertiary/aromatic N) is 7. The van der Waals surface area contributed by atoms with Gasteiger partial charge >= 0.3 is 29.6 Å². The molecule has 1 unspecified atom stereocenters. The molecule has 0 radical (unpaired) electrons. The van der Waals surface area contributed by atoms with Crippen molar-refractivity contribution in [3.8, 4) is 0 Å². The third-order valence-corrected chi connectivity index (χ3v) is 8.43. The number of carboxylic acid groups (broad SMARTS) is 1. The second kappa shape index (κ2) is 13.2. The quantitative estimate of drug-likeness (QED) is 0.0654. The number of carbonyl (C=O) groups is 4. The summed E-state index contributed by atoms with van der Waals surface area (Å²) in [7, 11) is 2.88. The van der Waals surface area contributed by atoms with Gasteiger partial charge in [-0.05, 0) is 16.0 Å². The van der Waals surface area contributed by atoms with Crippen molar-refractivity contribution in [1.82, 2.24) is 35.4 Å². The maximum atomic E-state index is 13.0. The number of oxime groups is 1. The van der Waals surface area contributed by atoms with Crippen molar-refractivity contribution in [2.24, 2.45) is 12.2 Å². The van der Waals surface area contributed by atoms with Gasteiger partial charge in [-0.1, -0.05) is 16.9 Å². The SMILES string of the molecule is CON=C(C(=O)NC1C(=O)N2C(C(=O)[O-])=C(CSc3nnnn3C)CS[C@@H]12)c1csc(NC(=O)CCl)n1.[Na+]. The van der Waals surface area contributed by atoms with Crippen LogP contribution < -0.4 is 45.3 Å². The summed E-state index contributed by atoms with van der Waals surface area (Å²) in [5, 5.41) is 33.3. The number of thioether (sulfide) groups is 2. The number of alkyl halides is 1. The van der Waals surface area contributed by atoms with Crippen LogP contribution in [-0.4, -0.2) is 95.4 Å². The summed E-state index contributed by atoms with van der Waals surface area (Å²) in [5.41, 5.74) is 0.110. The van der Waals surface area contributed by atoms with Crippen LogP contribution in [0.2, 0.25) is 0 Å². The third kappa shape index (κ3) is 6.32. The number of amides is 3. The molecule has 2 aliphatic rings. The Labute approximate surface area is 254 Å². The fourth-order valence-electron chi connectivity index (χ4n) is 3.38. The molecule has 1 saturated heterocycles. The molecule has 2 aromatic heterocycles. The number of carbonyl (C=O) groups excluding carboxylic acids is 4. The van der Waals surface area contributed by atoms with Crippen molar-refractivity contribution in [3.05, 3.63) is 22.3 Å². The maximum absolute atomic E-state index is 13.0. The molecule has 4 rings (SSSR count). The summed E-state index contributed by atoms with van der Waals surface area (Å²) in [6.07, 6.45) is 0. The topological polar surface area (TPSA) is 197 Å². The largest absolute Gasteiger partial charge is 1.00 e. The summed E-state index contributed by atoms with van der Waals surface area (Å²) >= 11 is 9.03. The van der Waals surface area contributed by atoms with Crippen molar-refractivity contribution in [2.45, 2.75) is 16.6 Å². The molecular formula is C18H17ClN9NaO6S3. The van der Waals surface area contributed by atoms with Crippen LogP contribution in [-0.2, 0) is 31.1 Å². The number of fused-ring (bicyclic) bond motifs is 1. The fourth-order valence-corrected chi connectivity index (χ4v) is 6.49. The number of hydrogen-bond donors (Lipinski definition) is 2. The first-order chi connectivity index (χ1) is 17.7. The Balaban J connectivity index is 0.00000400. The van der Waals surface area contributed by atoms with Crippen LogP contribution in [0.5, 0.6) is 0 Å². The molecule has 2 aromatic rings. The summed E-state index contributed by atoms with van der Waals surface area (Å²) in [5.74, 6) is -3.10. The Bertz CT molecular complexity index is 1320. The van der Waals surface area contributed by atoms with E-state index < -0.39 is 35.1 Å². The average molecular weight is 610 g/mol. The van der Waals surface area contributed by atoms with Gasteiger partial charge in [0.05, 0.1) is 11.7 Å². The number of β-lactam (4-membered cyclic amide) rings is 1. The average Bonchev–Trinajstić information content (AvgIpc) is 3.51. The predicted octanol–water partition coefficient (Wildman–Crippen LogP) is -4.61. The van der Waals surface area contributed by atoms with Gasteiger partial charge in [-0.2, -0.15) is 0 Å². The molecule has 0 saturated carbocycles. The number of rotatable bonds is 10. The summed E-state index contributed by atoms with van der Waals surface area (Å²) in [4.78, 5) is 59.3. The van der Waals surface area contributed by atoms with Gasteiger partial charge in [0.25, 0.3) is 11.8 Å². The molecule has 0 spiro atoms. The fraction of sp³-hybridized carbons (Fsp3) is 0.389. The Morgan fingerprint density at radius 2 is 2.16 bits per heavy atom. The zero-order valence-electron chi connectivity index (χ0n) is 20.0. The molecule has 4 heterocycles. The molecule has 3 amide bonds. The summed E-state index contributed by atoms with van der Waals surface area (Å²) in [6, 6.07) is -1.01. The van der Waals surface area contributed by atoms with E-state index in [0.717, 1.165) is 16.2 Å². The van der Waals surface area contributed by atoms with Gasteiger partial charge in [-0.25, -0.2) is 9.67 Å². The van der Waals surface area contributed by atoms with Gasteiger partial charge in [0.2, 0.25) is 11.1 Å². The van der Waals surface area contributed by atoms with Crippen molar-refractivity contribution < 1.29 is 58.7 Å². The first-order valence-corrected chi connectivity index (χ1v) is 13.7. The van der Waals surface area contributed by atoms with E-state index in [2.05, 4.69) is 36.3 Å². The van der Waals surface area contributed by atoms with Crippen LogP contribution in [0.4, 0.5) is 5.13 Å². The number of nitrogens with one attached hydrogen (secondary N) is 2. The maximum Gasteiger partial charge on any atom is 1.00 e. The van der Waals surface area contributed by atoms with Crippen LogP contribution >= 0.6 is 46.5 Å². The minimum absolute atomic E-state index is 0. The minimum Gasteiger partial charge on any atom is -0.543 e. The number of aliphatic carboxylic acids is 1. The van der Waals surface area contributed by atoms with Crippen LogP contribution in [0.15, 0.2) is 27.0 Å². The molecular weight excluding hydrogens is 593 g/mol. The van der Waals surface area contributed by atoms with E-state index in [1.54, 1.807) is 7.05 Å². The summed E-state index contributed by atoms with van der Waals surface area (Å²) < 4.78 is 1.44. The van der Waals surface area contributed by atoms with Gasteiger partial charge in [-0.3, -0.25) is 19.3 Å². The molecule has 196 valence electrons. The Hall–Kier alpha value is -2.22. The van der Waals surface area contributed by atoms with E-state index in [0.29, 0.717) is 10.7 Å². The molecule has 0 bridgehead atoms. The van der Waals surface area contributed by atoms with Gasteiger partial charge < -0.3 is 25.4 Å². The Morgan fingerprint density at radius 1 is 1.39 bits per heavy atom. The Morgan fingerprint density at radius 3 is 2.79 bits per heavy atom. The molecule has 2 aliphatic heterocycles. The van der Waals surface area contributed by atoms with Gasteiger partial charge in [0, 0.05) is 23.9 Å². The van der Waals surface area contributed by atoms with Crippen molar-refractivity contribution in [2.75, 3.05) is 29.8 Å². The molecule has 2 atom stereocenters. The second-order valence-electron chi connectivity index (χ2n) is 7.32. The van der Waals surface area contributed by atoms with Crippen molar-refractivity contribution in [1.29, 1.82) is 0 Å². The number of hydrogen-bond acceptors (Lipinski definition) is 14. The smallest absolute Gasteiger partial charge is 0.543 e. The van der Waals surface area contributed by atoms with E-state index >= 15 is 0 Å². The van der Waals surface area contributed by atoms with Crippen LogP contribution in [0.3, 0.4) is 0 Å². The Kier molecular flexibility index (Phi) is 10.6. The standard InChI is InChI=1S/C18H18ClN9O6S3.Na/c1-27-18(23-25-26-27)37-5-7-4-35-15-11(14(31)28(15)12(7)16(32)33)22-13(30)10(24-34-2)8-6-36-17(20-8)21-9(29)3-19;/h6,11,15H,3-5H2,1-2H3,(H,22,30)(H,32,33)(H,20,21,29);/q;+1/p-1/t11?,15-;/m0./s1. The van der Waals surface area contributed by atoms with Crippen LogP contribution in [0.25, 0.3) is 0 Å². The molecule has 38 heavy (non-hydrogen) atoms. The minimum atomic E-state index is -1.49. The number of thiazole rings is 1. The van der Waals surface area contributed by atoms with E-state index in [1.807, 2.05) is 0 Å². The van der Waals surface area contributed by atoms with Crippen LogP contribution in [0.1, 0.15) is 5.69 Å². The molecule has 0 aromatic carbocycles. The normalized spacial score (nSPS) is 18.8. The number of aryl methyl sites for hydroxylation is 1. The zero-order chi connectivity index (χ0) is 26.7. The molecule has 1 fully saturated rings. The predicted molar refractivity (Wildman–Crippen MR) is 132 cm³/mol. The van der Waals surface area contributed by atoms with E-state index in [9.17, 15) is 24.3 Å². The monoisotopic (exact) mass is 609 g/mol. The first kappa shape index (κ1) is 30.3. The van der Waals surface area contributed by atoms with Crippen LogP contribution in [0, 0.1) is 0 Å². The number of anilines is 1. The van der Waals surface area contributed by atoms with E-state index in [1.165, 1.54) is 40.7 Å². The number of aromatic nitrogens is 5. The van der Waals surface area contributed by atoms with Gasteiger partial charge in [0.1, 0.15) is 30.1 Å². The van der Waals surface area contributed by atoms with Crippen molar-refractivity contribution >= 4 is 81.0 Å². The number of tetrazole rings is 1. The summed E-state index contributed by atoms with van der Waals surface area (Å²) in [6.45, 7) is 0. The first-order valence-electron chi connectivity index (χ1n) is 10.2. The molecule has 2 N–H and O–H groups in total.